The van der Waals surface area contributed by atoms with Gasteiger partial charge in [-0.2, -0.15) is 0 Å². The van der Waals surface area contributed by atoms with E-state index < -0.39 is 0 Å². The molecule has 1 N–H and O–H groups in total. The zero-order valence-corrected chi connectivity index (χ0v) is 12.2. The molecule has 0 aromatic heterocycles. The molecule has 0 spiro atoms. The van der Waals surface area contributed by atoms with Gasteiger partial charge in [0.15, 0.2) is 0 Å². The van der Waals surface area contributed by atoms with Crippen LogP contribution < -0.4 is 5.32 Å². The van der Waals surface area contributed by atoms with Crippen LogP contribution in [-0.2, 0) is 0 Å². The van der Waals surface area contributed by atoms with Gasteiger partial charge < -0.3 is 10.2 Å². The van der Waals surface area contributed by atoms with Crippen LogP contribution in [0.5, 0.6) is 0 Å². The highest BCUT2D eigenvalue weighted by Gasteiger charge is 2.40. The topological polar surface area (TPSA) is 32.3 Å². The van der Waals surface area contributed by atoms with Gasteiger partial charge in [0.2, 0.25) is 0 Å². The Morgan fingerprint density at radius 1 is 1.44 bits per heavy atom. The summed E-state index contributed by atoms with van der Waals surface area (Å²) in [7, 11) is 0. The van der Waals surface area contributed by atoms with Crippen LogP contribution in [0.3, 0.4) is 0 Å². The Balaban J connectivity index is 1.88. The average Bonchev–Trinajstić information content (AvgIpc) is 2.93. The van der Waals surface area contributed by atoms with E-state index in [2.05, 4.69) is 21.2 Å². The van der Waals surface area contributed by atoms with Crippen molar-refractivity contribution in [1.82, 2.24) is 10.2 Å². The van der Waals surface area contributed by atoms with Crippen molar-refractivity contribution in [3.05, 3.63) is 33.3 Å². The summed E-state index contributed by atoms with van der Waals surface area (Å²) in [4.78, 5) is 14.5. The summed E-state index contributed by atoms with van der Waals surface area (Å²) in [6.45, 7) is 2.78. The van der Waals surface area contributed by atoms with E-state index in [1.165, 1.54) is 0 Å². The second-order valence-corrected chi connectivity index (χ2v) is 6.22. The molecule has 0 bridgehead atoms. The van der Waals surface area contributed by atoms with Crippen molar-refractivity contribution >= 4 is 33.4 Å². The summed E-state index contributed by atoms with van der Waals surface area (Å²) in [6.07, 6.45) is 1.09. The molecule has 1 aromatic carbocycles. The number of hydrogen-bond donors (Lipinski definition) is 1. The van der Waals surface area contributed by atoms with E-state index in [-0.39, 0.29) is 5.91 Å². The molecule has 2 heterocycles. The van der Waals surface area contributed by atoms with Gasteiger partial charge in [0, 0.05) is 30.1 Å². The van der Waals surface area contributed by atoms with Crippen LogP contribution in [0.1, 0.15) is 16.8 Å². The molecule has 2 saturated heterocycles. The summed E-state index contributed by atoms with van der Waals surface area (Å²) in [5.41, 5.74) is 0.596. The van der Waals surface area contributed by atoms with Crippen LogP contribution in [0, 0.1) is 5.92 Å². The van der Waals surface area contributed by atoms with Crippen molar-refractivity contribution in [2.24, 2.45) is 5.92 Å². The number of carbonyl (C=O) groups is 1. The third kappa shape index (κ3) is 2.06. The van der Waals surface area contributed by atoms with Gasteiger partial charge >= 0.3 is 0 Å². The van der Waals surface area contributed by atoms with Gasteiger partial charge in [-0.1, -0.05) is 27.5 Å². The Hall–Kier alpha value is -0.580. The minimum absolute atomic E-state index is 0.0532. The van der Waals surface area contributed by atoms with Crippen LogP contribution >= 0.6 is 27.5 Å². The molecular formula is C13H14BrClN2O. The monoisotopic (exact) mass is 328 g/mol. The van der Waals surface area contributed by atoms with Gasteiger partial charge in [-0.25, -0.2) is 0 Å². The van der Waals surface area contributed by atoms with E-state index in [4.69, 9.17) is 11.6 Å². The van der Waals surface area contributed by atoms with Gasteiger partial charge in [-0.3, -0.25) is 4.79 Å². The first-order chi connectivity index (χ1) is 8.66. The Morgan fingerprint density at radius 2 is 2.28 bits per heavy atom. The zero-order chi connectivity index (χ0) is 12.7. The van der Waals surface area contributed by atoms with Crippen molar-refractivity contribution in [2.45, 2.75) is 12.5 Å². The molecule has 18 heavy (non-hydrogen) atoms. The molecule has 1 aromatic rings. The summed E-state index contributed by atoms with van der Waals surface area (Å²) < 4.78 is 0.885. The minimum Gasteiger partial charge on any atom is -0.334 e. The molecule has 0 radical (unpaired) electrons. The lowest BCUT2D eigenvalue weighted by atomic mass is 10.0. The fourth-order valence-corrected chi connectivity index (χ4v) is 3.48. The maximum absolute atomic E-state index is 12.6. The van der Waals surface area contributed by atoms with Crippen LogP contribution in [-0.4, -0.2) is 36.5 Å². The zero-order valence-electron chi connectivity index (χ0n) is 9.83. The number of likely N-dealkylation sites (tertiary alicyclic amines) is 1. The predicted octanol–water partition coefficient (Wildman–Crippen LogP) is 2.54. The van der Waals surface area contributed by atoms with Gasteiger partial charge in [0.25, 0.3) is 5.91 Å². The van der Waals surface area contributed by atoms with E-state index in [9.17, 15) is 4.79 Å². The molecule has 2 fully saturated rings. The van der Waals surface area contributed by atoms with E-state index >= 15 is 0 Å². The summed E-state index contributed by atoms with van der Waals surface area (Å²) >= 11 is 9.52. The number of rotatable bonds is 1. The van der Waals surface area contributed by atoms with Crippen LogP contribution in [0.25, 0.3) is 0 Å². The highest BCUT2D eigenvalue weighted by molar-refractivity contribution is 9.10. The van der Waals surface area contributed by atoms with Gasteiger partial charge in [-0.05, 0) is 30.5 Å². The molecule has 2 atom stereocenters. The minimum atomic E-state index is 0.0532. The normalized spacial score (nSPS) is 26.4. The Morgan fingerprint density at radius 3 is 3.11 bits per heavy atom. The quantitative estimate of drug-likeness (QED) is 0.859. The lowest BCUT2D eigenvalue weighted by Gasteiger charge is -2.24. The van der Waals surface area contributed by atoms with Crippen molar-refractivity contribution < 1.29 is 4.79 Å². The molecule has 3 rings (SSSR count). The molecule has 0 unspecified atom stereocenters. The fourth-order valence-electron chi connectivity index (χ4n) is 2.92. The van der Waals surface area contributed by atoms with Crippen LogP contribution in [0.2, 0.25) is 5.02 Å². The third-order valence-corrected chi connectivity index (χ3v) is 4.69. The molecule has 0 aliphatic carbocycles. The summed E-state index contributed by atoms with van der Waals surface area (Å²) in [5, 5.41) is 3.88. The molecule has 1 amide bonds. The molecule has 2 aliphatic heterocycles. The number of carbonyl (C=O) groups excluding carboxylic acids is 1. The lowest BCUT2D eigenvalue weighted by molar-refractivity contribution is 0.0737. The van der Waals surface area contributed by atoms with Gasteiger partial charge in [0.1, 0.15) is 0 Å². The maximum atomic E-state index is 12.6. The van der Waals surface area contributed by atoms with Crippen molar-refractivity contribution in [3.63, 3.8) is 0 Å². The number of amides is 1. The standard InChI is InChI=1S/C13H14BrClN2O/c14-9-1-2-11(15)10(5-9)13(18)17-4-3-8-6-16-7-12(8)17/h1-2,5,8,12,16H,3-4,6-7H2/t8-,12+/m0/s1. The lowest BCUT2D eigenvalue weighted by Crippen LogP contribution is -2.39. The number of halogens is 2. The van der Waals surface area contributed by atoms with E-state index in [1.807, 2.05) is 11.0 Å². The summed E-state index contributed by atoms with van der Waals surface area (Å²) in [6, 6.07) is 5.76. The Kier molecular flexibility index (Phi) is 3.34. The number of fused-ring (bicyclic) bond motifs is 1. The average molecular weight is 330 g/mol. The maximum Gasteiger partial charge on any atom is 0.255 e. The fraction of sp³-hybridized carbons (Fsp3) is 0.462. The number of nitrogens with zero attached hydrogens (tertiary/aromatic N) is 1. The number of hydrogen-bond acceptors (Lipinski definition) is 2. The Labute approximate surface area is 120 Å². The van der Waals surface area contributed by atoms with E-state index in [0.717, 1.165) is 30.5 Å². The Bertz CT molecular complexity index is 494. The first kappa shape index (κ1) is 12.5. The SMILES string of the molecule is O=C(c1cc(Br)ccc1Cl)N1CC[C@H]2CNC[C@H]21. The first-order valence-corrected chi connectivity index (χ1v) is 7.30. The molecule has 0 saturated carbocycles. The van der Waals surface area contributed by atoms with E-state index in [0.29, 0.717) is 22.5 Å². The highest BCUT2D eigenvalue weighted by atomic mass is 79.9. The highest BCUT2D eigenvalue weighted by Crippen LogP contribution is 2.30. The molecule has 5 heteroatoms. The van der Waals surface area contributed by atoms with E-state index in [1.54, 1.807) is 12.1 Å². The molecule has 2 aliphatic rings. The van der Waals surface area contributed by atoms with Gasteiger partial charge in [-0.15, -0.1) is 0 Å². The first-order valence-electron chi connectivity index (χ1n) is 6.13. The molecule has 3 nitrogen and oxygen atoms in total. The van der Waals surface area contributed by atoms with Crippen molar-refractivity contribution in [3.8, 4) is 0 Å². The second kappa shape index (κ2) is 4.83. The largest absolute Gasteiger partial charge is 0.334 e. The van der Waals surface area contributed by atoms with Gasteiger partial charge in [0.05, 0.1) is 10.6 Å². The molecule has 96 valence electrons. The molecular weight excluding hydrogens is 316 g/mol. The third-order valence-electron chi connectivity index (χ3n) is 3.86. The smallest absolute Gasteiger partial charge is 0.255 e. The van der Waals surface area contributed by atoms with Crippen LogP contribution in [0.4, 0.5) is 0 Å². The predicted molar refractivity (Wildman–Crippen MR) is 75.0 cm³/mol. The van der Waals surface area contributed by atoms with Crippen LogP contribution in [0.15, 0.2) is 22.7 Å². The second-order valence-electron chi connectivity index (χ2n) is 4.90. The number of benzene rings is 1. The summed E-state index contributed by atoms with van der Waals surface area (Å²) in [5.74, 6) is 0.664. The van der Waals surface area contributed by atoms with Crippen molar-refractivity contribution in [1.29, 1.82) is 0 Å². The van der Waals surface area contributed by atoms with Crippen molar-refractivity contribution in [2.75, 3.05) is 19.6 Å². The number of nitrogens with one attached hydrogen (secondary N) is 1.